The fourth-order valence-electron chi connectivity index (χ4n) is 2.88. The molecular weight excluding hydrogens is 188 g/mol. The van der Waals surface area contributed by atoms with Crippen LogP contribution >= 0.6 is 0 Å². The number of hydrogen-bond acceptors (Lipinski definition) is 1. The minimum atomic E-state index is 0.138. The molecule has 0 aromatic carbocycles. The highest BCUT2D eigenvalue weighted by molar-refractivity contribution is 5.76. The van der Waals surface area contributed by atoms with Crippen molar-refractivity contribution in [2.24, 2.45) is 11.8 Å². The molecule has 1 saturated heterocycles. The van der Waals surface area contributed by atoms with Gasteiger partial charge >= 0.3 is 6.03 Å². The predicted molar refractivity (Wildman–Crippen MR) is 60.7 cm³/mol. The van der Waals surface area contributed by atoms with Crippen LogP contribution in [0.3, 0.4) is 0 Å². The second-order valence-electron chi connectivity index (χ2n) is 5.15. The lowest BCUT2D eigenvalue weighted by Crippen LogP contribution is -2.30. The van der Waals surface area contributed by atoms with Crippen molar-refractivity contribution in [1.29, 1.82) is 0 Å². The van der Waals surface area contributed by atoms with E-state index < -0.39 is 0 Å². The molecule has 2 atom stereocenters. The van der Waals surface area contributed by atoms with Gasteiger partial charge < -0.3 is 10.2 Å². The highest BCUT2D eigenvalue weighted by Crippen LogP contribution is 2.30. The highest BCUT2D eigenvalue weighted by atomic mass is 16.2. The molecule has 1 saturated carbocycles. The Labute approximate surface area is 92.2 Å². The number of urea groups is 1. The standard InChI is InChI=1S/C12H22N2O/c1-10-3-2-4-11(9-10)5-7-14-8-6-13-12(14)15/h10-11H,2-9H2,1H3,(H,13,15). The minimum absolute atomic E-state index is 0.138. The van der Waals surface area contributed by atoms with Crippen LogP contribution in [-0.2, 0) is 0 Å². The summed E-state index contributed by atoms with van der Waals surface area (Å²) in [7, 11) is 0. The molecule has 0 aromatic heterocycles. The van der Waals surface area contributed by atoms with E-state index in [1.165, 1.54) is 32.1 Å². The van der Waals surface area contributed by atoms with Gasteiger partial charge in [-0.1, -0.05) is 26.2 Å². The number of nitrogens with one attached hydrogen (secondary N) is 1. The predicted octanol–water partition coefficient (Wildman–Crippen LogP) is 2.23. The summed E-state index contributed by atoms with van der Waals surface area (Å²) in [5, 5.41) is 2.85. The van der Waals surface area contributed by atoms with Gasteiger partial charge in [0.2, 0.25) is 0 Å². The van der Waals surface area contributed by atoms with Crippen LogP contribution in [-0.4, -0.2) is 30.6 Å². The first-order chi connectivity index (χ1) is 7.25. The first-order valence-electron chi connectivity index (χ1n) is 6.28. The van der Waals surface area contributed by atoms with E-state index in [-0.39, 0.29) is 6.03 Å². The van der Waals surface area contributed by atoms with Gasteiger partial charge in [-0.2, -0.15) is 0 Å². The van der Waals surface area contributed by atoms with Crippen molar-refractivity contribution >= 4 is 6.03 Å². The molecule has 2 fully saturated rings. The van der Waals surface area contributed by atoms with E-state index in [2.05, 4.69) is 12.2 Å². The van der Waals surface area contributed by atoms with Crippen molar-refractivity contribution in [2.45, 2.75) is 39.0 Å². The lowest BCUT2D eigenvalue weighted by molar-refractivity contribution is 0.204. The van der Waals surface area contributed by atoms with Crippen LogP contribution in [0.15, 0.2) is 0 Å². The summed E-state index contributed by atoms with van der Waals surface area (Å²) < 4.78 is 0. The molecule has 3 heteroatoms. The molecule has 0 spiro atoms. The summed E-state index contributed by atoms with van der Waals surface area (Å²) in [6.07, 6.45) is 6.74. The Kier molecular flexibility index (Phi) is 3.49. The number of rotatable bonds is 3. The van der Waals surface area contributed by atoms with E-state index in [9.17, 15) is 4.79 Å². The Balaban J connectivity index is 1.70. The number of carbonyl (C=O) groups is 1. The number of carbonyl (C=O) groups excluding carboxylic acids is 1. The van der Waals surface area contributed by atoms with Crippen LogP contribution in [0.5, 0.6) is 0 Å². The molecule has 2 rings (SSSR count). The van der Waals surface area contributed by atoms with Crippen LogP contribution in [0.2, 0.25) is 0 Å². The smallest absolute Gasteiger partial charge is 0.317 e. The van der Waals surface area contributed by atoms with Crippen molar-refractivity contribution in [3.05, 3.63) is 0 Å². The molecular formula is C12H22N2O. The first kappa shape index (κ1) is 10.8. The van der Waals surface area contributed by atoms with E-state index in [0.29, 0.717) is 0 Å². The molecule has 1 N–H and O–H groups in total. The van der Waals surface area contributed by atoms with Gasteiger partial charge in [0.15, 0.2) is 0 Å². The lowest BCUT2D eigenvalue weighted by Gasteiger charge is -2.27. The van der Waals surface area contributed by atoms with Crippen molar-refractivity contribution in [3.8, 4) is 0 Å². The molecule has 0 aromatic rings. The summed E-state index contributed by atoms with van der Waals surface area (Å²) in [6.45, 7) is 5.05. The van der Waals surface area contributed by atoms with Crippen LogP contribution in [0.1, 0.15) is 39.0 Å². The molecule has 86 valence electrons. The average molecular weight is 210 g/mol. The third-order valence-electron chi connectivity index (χ3n) is 3.80. The van der Waals surface area contributed by atoms with Gasteiger partial charge in [-0.25, -0.2) is 4.79 Å². The van der Waals surface area contributed by atoms with E-state index in [4.69, 9.17) is 0 Å². The molecule has 3 nitrogen and oxygen atoms in total. The zero-order chi connectivity index (χ0) is 10.7. The van der Waals surface area contributed by atoms with Gasteiger partial charge in [0.05, 0.1) is 0 Å². The second-order valence-corrected chi connectivity index (χ2v) is 5.15. The monoisotopic (exact) mass is 210 g/mol. The zero-order valence-electron chi connectivity index (χ0n) is 9.67. The van der Waals surface area contributed by atoms with Gasteiger partial charge in [-0.15, -0.1) is 0 Å². The van der Waals surface area contributed by atoms with Gasteiger partial charge in [-0.3, -0.25) is 0 Å². The normalized spacial score (nSPS) is 31.8. The Bertz CT molecular complexity index is 230. The van der Waals surface area contributed by atoms with E-state index in [1.54, 1.807) is 0 Å². The number of hydrogen-bond donors (Lipinski definition) is 1. The van der Waals surface area contributed by atoms with E-state index >= 15 is 0 Å². The SMILES string of the molecule is CC1CCCC(CCN2CCNC2=O)C1. The number of amides is 2. The number of nitrogens with zero attached hydrogens (tertiary/aromatic N) is 1. The maximum Gasteiger partial charge on any atom is 0.317 e. The summed E-state index contributed by atoms with van der Waals surface area (Å²) in [5.74, 6) is 1.76. The highest BCUT2D eigenvalue weighted by Gasteiger charge is 2.23. The van der Waals surface area contributed by atoms with Gasteiger partial charge in [0.25, 0.3) is 0 Å². The molecule has 0 bridgehead atoms. The molecule has 0 radical (unpaired) electrons. The molecule has 1 aliphatic carbocycles. The van der Waals surface area contributed by atoms with Gasteiger partial charge in [0.1, 0.15) is 0 Å². The molecule has 1 heterocycles. The lowest BCUT2D eigenvalue weighted by atomic mass is 9.81. The quantitative estimate of drug-likeness (QED) is 0.761. The van der Waals surface area contributed by atoms with Crippen molar-refractivity contribution < 1.29 is 4.79 Å². The Hall–Kier alpha value is -0.730. The average Bonchev–Trinajstić information content (AvgIpc) is 2.61. The van der Waals surface area contributed by atoms with Crippen molar-refractivity contribution in [3.63, 3.8) is 0 Å². The summed E-state index contributed by atoms with van der Waals surface area (Å²) in [4.78, 5) is 13.3. The fourth-order valence-corrected chi connectivity index (χ4v) is 2.88. The van der Waals surface area contributed by atoms with Gasteiger partial charge in [0, 0.05) is 19.6 Å². The molecule has 2 amide bonds. The van der Waals surface area contributed by atoms with E-state index in [1.807, 2.05) is 4.90 Å². The summed E-state index contributed by atoms with van der Waals surface area (Å²) in [6, 6.07) is 0.138. The second kappa shape index (κ2) is 4.86. The zero-order valence-corrected chi connectivity index (χ0v) is 9.67. The topological polar surface area (TPSA) is 32.3 Å². The minimum Gasteiger partial charge on any atom is -0.336 e. The molecule has 2 aliphatic rings. The van der Waals surface area contributed by atoms with E-state index in [0.717, 1.165) is 31.5 Å². The third-order valence-corrected chi connectivity index (χ3v) is 3.80. The Morgan fingerprint density at radius 1 is 1.47 bits per heavy atom. The van der Waals surface area contributed by atoms with Crippen LogP contribution in [0, 0.1) is 11.8 Å². The largest absolute Gasteiger partial charge is 0.336 e. The van der Waals surface area contributed by atoms with Gasteiger partial charge in [-0.05, 0) is 24.7 Å². The maximum atomic E-state index is 11.3. The molecule has 2 unspecified atom stereocenters. The summed E-state index contributed by atoms with van der Waals surface area (Å²) in [5.41, 5.74) is 0. The Morgan fingerprint density at radius 2 is 2.33 bits per heavy atom. The van der Waals surface area contributed by atoms with Crippen molar-refractivity contribution in [2.75, 3.05) is 19.6 Å². The van der Waals surface area contributed by atoms with Crippen LogP contribution in [0.25, 0.3) is 0 Å². The Morgan fingerprint density at radius 3 is 3.00 bits per heavy atom. The molecule has 1 aliphatic heterocycles. The summed E-state index contributed by atoms with van der Waals surface area (Å²) >= 11 is 0. The third kappa shape index (κ3) is 2.86. The van der Waals surface area contributed by atoms with Crippen molar-refractivity contribution in [1.82, 2.24) is 10.2 Å². The van der Waals surface area contributed by atoms with Crippen LogP contribution < -0.4 is 5.32 Å². The fraction of sp³-hybridized carbons (Fsp3) is 0.917. The maximum absolute atomic E-state index is 11.3. The van der Waals surface area contributed by atoms with Crippen LogP contribution in [0.4, 0.5) is 4.79 Å². The first-order valence-corrected chi connectivity index (χ1v) is 6.28. The molecule has 15 heavy (non-hydrogen) atoms.